The van der Waals surface area contributed by atoms with E-state index in [9.17, 15) is 0 Å². The molecule has 0 amide bonds. The number of rotatable bonds is 7. The first-order valence-corrected chi connectivity index (χ1v) is 10.4. The quantitative estimate of drug-likeness (QED) is 0.610. The van der Waals surface area contributed by atoms with Gasteiger partial charge in [0.25, 0.3) is 0 Å². The van der Waals surface area contributed by atoms with Crippen molar-refractivity contribution >= 4 is 21.6 Å². The molecule has 2 aromatic carbocycles. The molecular weight excluding hydrogens is 420 g/mol. The Balaban J connectivity index is 1.71. The molecule has 5 nitrogen and oxygen atoms in total. The van der Waals surface area contributed by atoms with Crippen molar-refractivity contribution in [2.24, 2.45) is 0 Å². The van der Waals surface area contributed by atoms with E-state index in [4.69, 9.17) is 14.2 Å². The van der Waals surface area contributed by atoms with Gasteiger partial charge in [0.2, 0.25) is 0 Å². The van der Waals surface area contributed by atoms with E-state index in [1.54, 1.807) is 21.3 Å². The van der Waals surface area contributed by atoms with Crippen molar-refractivity contribution in [1.29, 1.82) is 0 Å². The van der Waals surface area contributed by atoms with Crippen molar-refractivity contribution in [2.45, 2.75) is 19.4 Å². The first-order chi connectivity index (χ1) is 13.6. The van der Waals surface area contributed by atoms with Crippen LogP contribution in [0.15, 0.2) is 40.9 Å². The lowest BCUT2D eigenvalue weighted by Crippen LogP contribution is -2.47. The molecule has 0 aromatic heterocycles. The fourth-order valence-electron chi connectivity index (χ4n) is 3.90. The summed E-state index contributed by atoms with van der Waals surface area (Å²) < 4.78 is 17.3. The Morgan fingerprint density at radius 2 is 1.54 bits per heavy atom. The van der Waals surface area contributed by atoms with Crippen LogP contribution in [0.3, 0.4) is 0 Å². The summed E-state index contributed by atoms with van der Waals surface area (Å²) in [7, 11) is 5.07. The highest BCUT2D eigenvalue weighted by molar-refractivity contribution is 9.10. The molecule has 1 saturated heterocycles. The molecule has 1 heterocycles. The van der Waals surface area contributed by atoms with Gasteiger partial charge >= 0.3 is 0 Å². The minimum absolute atomic E-state index is 0.376. The van der Waals surface area contributed by atoms with E-state index < -0.39 is 0 Å². The molecular formula is C22H29BrN2O3. The van der Waals surface area contributed by atoms with Gasteiger partial charge in [0, 0.05) is 44.0 Å². The summed E-state index contributed by atoms with van der Waals surface area (Å²) in [6, 6.07) is 12.9. The fourth-order valence-corrected chi connectivity index (χ4v) is 4.31. The predicted octanol–water partition coefficient (Wildman–Crippen LogP) is 4.75. The van der Waals surface area contributed by atoms with E-state index >= 15 is 0 Å². The molecule has 0 N–H and O–H groups in total. The second-order valence-corrected chi connectivity index (χ2v) is 7.73. The molecule has 1 fully saturated rings. The average Bonchev–Trinajstić information content (AvgIpc) is 2.75. The normalized spacial score (nSPS) is 16.0. The van der Waals surface area contributed by atoms with Gasteiger partial charge in [-0.2, -0.15) is 0 Å². The van der Waals surface area contributed by atoms with E-state index in [0.717, 1.165) is 54.3 Å². The average molecular weight is 449 g/mol. The number of nitrogens with zero attached hydrogens (tertiary/aromatic N) is 2. The van der Waals surface area contributed by atoms with Gasteiger partial charge in [-0.05, 0) is 52.2 Å². The largest absolute Gasteiger partial charge is 0.495 e. The van der Waals surface area contributed by atoms with Crippen LogP contribution in [-0.4, -0.2) is 52.4 Å². The molecule has 1 aliphatic rings. The smallest absolute Gasteiger partial charge is 0.161 e. The van der Waals surface area contributed by atoms with E-state index in [1.165, 1.54) is 11.3 Å². The molecule has 0 radical (unpaired) electrons. The number of benzene rings is 2. The Labute approximate surface area is 176 Å². The summed E-state index contributed by atoms with van der Waals surface area (Å²) in [5.41, 5.74) is 2.48. The molecule has 1 atom stereocenters. The van der Waals surface area contributed by atoms with Crippen LogP contribution < -0.4 is 19.1 Å². The van der Waals surface area contributed by atoms with Crippen molar-refractivity contribution in [3.05, 3.63) is 46.4 Å². The summed E-state index contributed by atoms with van der Waals surface area (Å²) in [5, 5.41) is 0. The number of piperazine rings is 1. The van der Waals surface area contributed by atoms with Crippen molar-refractivity contribution in [1.82, 2.24) is 4.90 Å². The Kier molecular flexibility index (Phi) is 7.08. The molecule has 0 aliphatic carbocycles. The van der Waals surface area contributed by atoms with Crippen LogP contribution in [0, 0.1) is 0 Å². The second-order valence-electron chi connectivity index (χ2n) is 6.88. The third-order valence-electron chi connectivity index (χ3n) is 5.43. The molecule has 2 aromatic rings. The Morgan fingerprint density at radius 1 is 0.857 bits per heavy atom. The summed E-state index contributed by atoms with van der Waals surface area (Å²) in [4.78, 5) is 4.99. The van der Waals surface area contributed by atoms with Crippen molar-refractivity contribution in [3.8, 4) is 17.2 Å². The van der Waals surface area contributed by atoms with Crippen LogP contribution in [0.4, 0.5) is 5.69 Å². The van der Waals surface area contributed by atoms with Gasteiger partial charge in [-0.25, -0.2) is 0 Å². The minimum atomic E-state index is 0.376. The van der Waals surface area contributed by atoms with Crippen LogP contribution in [0.25, 0.3) is 0 Å². The third-order valence-corrected chi connectivity index (χ3v) is 6.09. The number of anilines is 1. The SMILES string of the molecule is CCC(c1ccc(OC)c(OC)c1)N1CCN(c2ccc(Br)c(OC)c2)CC1. The highest BCUT2D eigenvalue weighted by Crippen LogP contribution is 2.35. The number of methoxy groups -OCH3 is 3. The van der Waals surface area contributed by atoms with Crippen LogP contribution in [0.2, 0.25) is 0 Å². The Morgan fingerprint density at radius 3 is 2.14 bits per heavy atom. The minimum Gasteiger partial charge on any atom is -0.495 e. The zero-order valence-electron chi connectivity index (χ0n) is 17.1. The Hall–Kier alpha value is -1.92. The number of ether oxygens (including phenoxy) is 3. The van der Waals surface area contributed by atoms with Crippen molar-refractivity contribution in [3.63, 3.8) is 0 Å². The van der Waals surface area contributed by atoms with Crippen LogP contribution in [0.1, 0.15) is 24.9 Å². The zero-order valence-corrected chi connectivity index (χ0v) is 18.7. The van der Waals surface area contributed by atoms with Gasteiger partial charge in [-0.15, -0.1) is 0 Å². The summed E-state index contributed by atoms with van der Waals surface area (Å²) >= 11 is 3.53. The lowest BCUT2D eigenvalue weighted by molar-refractivity contribution is 0.180. The van der Waals surface area contributed by atoms with Crippen molar-refractivity contribution < 1.29 is 14.2 Å². The van der Waals surface area contributed by atoms with Gasteiger partial charge < -0.3 is 19.1 Å². The second kappa shape index (κ2) is 9.52. The topological polar surface area (TPSA) is 34.2 Å². The lowest BCUT2D eigenvalue weighted by Gasteiger charge is -2.40. The predicted molar refractivity (Wildman–Crippen MR) is 117 cm³/mol. The molecule has 28 heavy (non-hydrogen) atoms. The Bertz CT molecular complexity index is 791. The molecule has 152 valence electrons. The zero-order chi connectivity index (χ0) is 20.1. The van der Waals surface area contributed by atoms with E-state index in [1.807, 2.05) is 6.07 Å². The molecule has 6 heteroatoms. The standard InChI is InChI=1S/C22H29BrN2O3/c1-5-19(16-6-9-20(26-2)22(14-16)28-4)25-12-10-24(11-13-25)17-7-8-18(23)21(15-17)27-3/h6-9,14-15,19H,5,10-13H2,1-4H3. The molecule has 0 spiro atoms. The third kappa shape index (κ3) is 4.39. The monoisotopic (exact) mass is 448 g/mol. The van der Waals surface area contributed by atoms with Crippen molar-refractivity contribution in [2.75, 3.05) is 52.4 Å². The van der Waals surface area contributed by atoms with Crippen LogP contribution in [0.5, 0.6) is 17.2 Å². The number of hydrogen-bond acceptors (Lipinski definition) is 5. The summed E-state index contributed by atoms with van der Waals surface area (Å²) in [6.45, 7) is 6.27. The maximum Gasteiger partial charge on any atom is 0.161 e. The van der Waals surface area contributed by atoms with Gasteiger partial charge in [0.1, 0.15) is 5.75 Å². The first kappa shape index (κ1) is 20.8. The van der Waals surface area contributed by atoms with E-state index in [-0.39, 0.29) is 0 Å². The highest BCUT2D eigenvalue weighted by Gasteiger charge is 2.25. The van der Waals surface area contributed by atoms with Gasteiger partial charge in [-0.1, -0.05) is 13.0 Å². The summed E-state index contributed by atoms with van der Waals surface area (Å²) in [6.07, 6.45) is 1.06. The maximum atomic E-state index is 5.50. The lowest BCUT2D eigenvalue weighted by atomic mass is 10.0. The van der Waals surface area contributed by atoms with E-state index in [2.05, 4.69) is 63.0 Å². The van der Waals surface area contributed by atoms with Crippen LogP contribution >= 0.6 is 15.9 Å². The van der Waals surface area contributed by atoms with Gasteiger partial charge in [0.15, 0.2) is 11.5 Å². The van der Waals surface area contributed by atoms with Gasteiger partial charge in [0.05, 0.1) is 25.8 Å². The molecule has 1 unspecified atom stereocenters. The molecule has 3 rings (SSSR count). The number of halogens is 1. The summed E-state index contributed by atoms with van der Waals surface area (Å²) in [5.74, 6) is 2.44. The number of hydrogen-bond donors (Lipinski definition) is 0. The highest BCUT2D eigenvalue weighted by atomic mass is 79.9. The maximum absolute atomic E-state index is 5.50. The fraction of sp³-hybridized carbons (Fsp3) is 0.455. The van der Waals surface area contributed by atoms with E-state index in [0.29, 0.717) is 6.04 Å². The van der Waals surface area contributed by atoms with Gasteiger partial charge in [-0.3, -0.25) is 4.90 Å². The molecule has 1 aliphatic heterocycles. The van der Waals surface area contributed by atoms with Crippen LogP contribution in [-0.2, 0) is 0 Å². The molecule has 0 bridgehead atoms. The first-order valence-electron chi connectivity index (χ1n) is 9.65. The molecule has 0 saturated carbocycles.